The van der Waals surface area contributed by atoms with Crippen LogP contribution in [-0.4, -0.2) is 23.0 Å². The standard InChI is InChI=1S/C28H33FN4.2C2H6.CHN/c1-4-11-25(33-16-9-6-10-17-33)24(5-2)31-26(20-14-15-20)28-23(30)18-22(29)27(32-28)21-13-8-7-12-19(21)3;3*1-2/h4-5,7-8,11-13,18,31H,2,6,9-10,14-17,30H2,1,3H3;2*1-2H3;1H/b11-4-,25-24-;;;. The third-order valence-electron chi connectivity index (χ3n) is 6.26. The van der Waals surface area contributed by atoms with Crippen LogP contribution >= 0.6 is 0 Å². The highest BCUT2D eigenvalue weighted by atomic mass is 19.1. The molecule has 1 aliphatic heterocycles. The van der Waals surface area contributed by atoms with Gasteiger partial charge in [0.2, 0.25) is 0 Å². The predicted molar refractivity (Wildman–Crippen MR) is 165 cm³/mol. The van der Waals surface area contributed by atoms with E-state index in [4.69, 9.17) is 16.0 Å². The summed E-state index contributed by atoms with van der Waals surface area (Å²) in [5.74, 6) is -0.409. The third kappa shape index (κ3) is 8.85. The van der Waals surface area contributed by atoms with E-state index in [9.17, 15) is 4.39 Å². The number of piperidine rings is 1. The minimum absolute atomic E-state index is 0.326. The van der Waals surface area contributed by atoms with Gasteiger partial charge in [0.25, 0.3) is 0 Å². The van der Waals surface area contributed by atoms with Crippen molar-refractivity contribution in [1.82, 2.24) is 15.2 Å². The van der Waals surface area contributed by atoms with Crippen molar-refractivity contribution in [1.29, 1.82) is 5.26 Å². The first-order valence-electron chi connectivity index (χ1n) is 14.0. The van der Waals surface area contributed by atoms with Crippen LogP contribution < -0.4 is 11.1 Å². The van der Waals surface area contributed by atoms with Gasteiger partial charge in [-0.3, -0.25) is 0 Å². The van der Waals surface area contributed by atoms with Crippen LogP contribution in [0.2, 0.25) is 0 Å². The Bertz CT molecular complexity index is 1180. The number of anilines is 1. The number of rotatable bonds is 7. The van der Waals surface area contributed by atoms with Gasteiger partial charge in [-0.15, -0.1) is 0 Å². The number of hydrogen-bond donors (Lipinski definition) is 2. The Hall–Kier alpha value is -3.85. The molecule has 1 saturated heterocycles. The van der Waals surface area contributed by atoms with Crippen LogP contribution in [0.5, 0.6) is 0 Å². The van der Waals surface area contributed by atoms with Crippen LogP contribution in [0.3, 0.4) is 0 Å². The van der Waals surface area contributed by atoms with Crippen molar-refractivity contribution in [3.8, 4) is 17.8 Å². The van der Waals surface area contributed by atoms with Crippen LogP contribution in [-0.2, 0) is 0 Å². The molecule has 1 saturated carbocycles. The van der Waals surface area contributed by atoms with E-state index in [0.717, 1.165) is 54.1 Å². The zero-order chi connectivity index (χ0) is 29.4. The van der Waals surface area contributed by atoms with Crippen LogP contribution in [0.1, 0.15) is 78.0 Å². The number of allylic oxidation sites excluding steroid dienone is 4. The molecular weight excluding hydrogens is 485 g/mol. The number of aryl methyl sites for hydroxylation is 1. The average Bonchev–Trinajstić information content (AvgIpc) is 3.83. The maximum atomic E-state index is 15.0. The molecule has 3 N–H and O–H groups in total. The number of halogens is 1. The molecule has 2 fully saturated rings. The van der Waals surface area contributed by atoms with Gasteiger partial charge < -0.3 is 16.0 Å². The van der Waals surface area contributed by atoms with Gasteiger partial charge in [-0.1, -0.05) is 64.6 Å². The van der Waals surface area contributed by atoms with E-state index in [0.29, 0.717) is 17.1 Å². The summed E-state index contributed by atoms with van der Waals surface area (Å²) in [5.41, 5.74) is 13.5. The lowest BCUT2D eigenvalue weighted by Gasteiger charge is -2.31. The van der Waals surface area contributed by atoms with Crippen LogP contribution in [0.15, 0.2) is 72.1 Å². The van der Waals surface area contributed by atoms with Crippen LogP contribution in [0.25, 0.3) is 17.0 Å². The van der Waals surface area contributed by atoms with Crippen molar-refractivity contribution >= 4 is 11.4 Å². The number of likely N-dealkylation sites (tertiary alicyclic amines) is 1. The summed E-state index contributed by atoms with van der Waals surface area (Å²) in [6.45, 7) is 21.6. The lowest BCUT2D eigenvalue weighted by Crippen LogP contribution is -2.31. The molecule has 0 bridgehead atoms. The second-order valence-corrected chi connectivity index (χ2v) is 8.73. The molecule has 5 nitrogen and oxygen atoms in total. The molecule has 4 rings (SSSR count). The fraction of sp³-hybridized carbons (Fsp3) is 0.394. The smallest absolute Gasteiger partial charge is 0.151 e. The normalized spacial score (nSPS) is 14.4. The first-order chi connectivity index (χ1) is 19.0. The first-order valence-corrected chi connectivity index (χ1v) is 14.0. The van der Waals surface area contributed by atoms with Gasteiger partial charge in [0, 0.05) is 31.3 Å². The average molecular weight is 532 g/mol. The molecule has 1 aromatic heterocycles. The summed E-state index contributed by atoms with van der Waals surface area (Å²) in [5, 5.41) is 10.1. The SMILES string of the molecule is C#N.C=C/C(NC(=C1CC1)c1nc(-c2ccccc2C)c(F)cc1N)=C(\C=C/C)N1CCCCC1.CC.CC. The van der Waals surface area contributed by atoms with Crippen LogP contribution in [0.4, 0.5) is 10.1 Å². The quantitative estimate of drug-likeness (QED) is 0.350. The molecule has 0 radical (unpaired) electrons. The van der Waals surface area contributed by atoms with Gasteiger partial charge >= 0.3 is 0 Å². The van der Waals surface area contributed by atoms with Crippen LogP contribution in [0, 0.1) is 24.6 Å². The van der Waals surface area contributed by atoms with Gasteiger partial charge in [0.05, 0.1) is 22.8 Å². The summed E-state index contributed by atoms with van der Waals surface area (Å²) in [6, 6.07) is 9.10. The molecule has 1 aromatic carbocycles. The Kier molecular flexibility index (Phi) is 15.0. The van der Waals surface area contributed by atoms with Crippen molar-refractivity contribution in [3.05, 3.63) is 89.2 Å². The van der Waals surface area contributed by atoms with E-state index < -0.39 is 5.82 Å². The lowest BCUT2D eigenvalue weighted by molar-refractivity contribution is 0.290. The Morgan fingerprint density at radius 2 is 1.72 bits per heavy atom. The lowest BCUT2D eigenvalue weighted by atomic mass is 10.0. The first kappa shape index (κ1) is 33.2. The minimum atomic E-state index is -0.409. The molecule has 6 heteroatoms. The van der Waals surface area contributed by atoms with E-state index in [1.165, 1.54) is 30.9 Å². The Morgan fingerprint density at radius 1 is 1.10 bits per heavy atom. The highest BCUT2D eigenvalue weighted by Gasteiger charge is 2.25. The molecule has 39 heavy (non-hydrogen) atoms. The molecule has 210 valence electrons. The molecule has 0 spiro atoms. The van der Waals surface area contributed by atoms with Gasteiger partial charge in [-0.05, 0) is 69.2 Å². The van der Waals surface area contributed by atoms with Crippen molar-refractivity contribution in [2.75, 3.05) is 18.8 Å². The molecule has 2 aliphatic rings. The number of aromatic nitrogens is 1. The Morgan fingerprint density at radius 3 is 2.26 bits per heavy atom. The highest BCUT2D eigenvalue weighted by molar-refractivity contribution is 5.79. The topological polar surface area (TPSA) is 78.0 Å². The number of benzene rings is 1. The highest BCUT2D eigenvalue weighted by Crippen LogP contribution is 2.38. The Balaban J connectivity index is 0.00000119. The summed E-state index contributed by atoms with van der Waals surface area (Å²) >= 11 is 0. The summed E-state index contributed by atoms with van der Waals surface area (Å²) in [4.78, 5) is 7.17. The third-order valence-corrected chi connectivity index (χ3v) is 6.26. The van der Waals surface area contributed by atoms with Gasteiger partial charge in [0.1, 0.15) is 11.4 Å². The van der Waals surface area contributed by atoms with Crippen molar-refractivity contribution in [2.24, 2.45) is 0 Å². The number of pyridine rings is 1. The second-order valence-electron chi connectivity index (χ2n) is 8.73. The van der Waals surface area contributed by atoms with E-state index in [1.807, 2.05) is 71.9 Å². The minimum Gasteiger partial charge on any atom is -0.397 e. The van der Waals surface area contributed by atoms with Gasteiger partial charge in [-0.25, -0.2) is 14.6 Å². The monoisotopic (exact) mass is 531 g/mol. The van der Waals surface area contributed by atoms with E-state index in [-0.39, 0.29) is 0 Å². The number of nitriles is 1. The number of nitrogens with one attached hydrogen (secondary N) is 1. The molecular formula is C33H46FN5. The van der Waals surface area contributed by atoms with Crippen molar-refractivity contribution in [2.45, 2.75) is 73.6 Å². The molecule has 2 aromatic rings. The maximum Gasteiger partial charge on any atom is 0.151 e. The van der Waals surface area contributed by atoms with Gasteiger partial charge in [-0.2, -0.15) is 0 Å². The number of nitrogen functional groups attached to an aromatic ring is 1. The summed E-state index contributed by atoms with van der Waals surface area (Å²) < 4.78 is 15.0. The molecule has 0 atom stereocenters. The number of hydrogen-bond acceptors (Lipinski definition) is 5. The number of nitrogens with zero attached hydrogens (tertiary/aromatic N) is 3. The van der Waals surface area contributed by atoms with Gasteiger partial charge in [0.15, 0.2) is 5.82 Å². The van der Waals surface area contributed by atoms with Crippen molar-refractivity contribution < 1.29 is 4.39 Å². The van der Waals surface area contributed by atoms with E-state index >= 15 is 0 Å². The fourth-order valence-corrected chi connectivity index (χ4v) is 4.37. The largest absolute Gasteiger partial charge is 0.397 e. The zero-order valence-electron chi connectivity index (χ0n) is 24.6. The molecule has 0 amide bonds. The fourth-order valence-electron chi connectivity index (χ4n) is 4.37. The van der Waals surface area contributed by atoms with E-state index in [1.54, 1.807) is 0 Å². The van der Waals surface area contributed by atoms with Crippen molar-refractivity contribution in [3.63, 3.8) is 0 Å². The second kappa shape index (κ2) is 17.6. The zero-order valence-corrected chi connectivity index (χ0v) is 24.6. The molecule has 2 heterocycles. The molecule has 1 aliphatic carbocycles. The summed E-state index contributed by atoms with van der Waals surface area (Å²) in [6.07, 6.45) is 11.6. The maximum absolute atomic E-state index is 15.0. The Labute approximate surface area is 235 Å². The number of nitrogens with two attached hydrogens (primary N) is 1. The predicted octanol–water partition coefficient (Wildman–Crippen LogP) is 8.52. The van der Waals surface area contributed by atoms with E-state index in [2.05, 4.69) is 35.5 Å². The summed E-state index contributed by atoms with van der Waals surface area (Å²) in [7, 11) is 0. The molecule has 0 unspecified atom stereocenters.